The van der Waals surface area contributed by atoms with Crippen molar-refractivity contribution in [3.05, 3.63) is 35.4 Å². The van der Waals surface area contributed by atoms with Crippen LogP contribution in [0.3, 0.4) is 0 Å². The van der Waals surface area contributed by atoms with Crippen LogP contribution in [-0.2, 0) is 11.3 Å². The third-order valence-corrected chi connectivity index (χ3v) is 6.22. The molecule has 2 heterocycles. The van der Waals surface area contributed by atoms with Crippen molar-refractivity contribution in [2.24, 2.45) is 17.3 Å². The topological polar surface area (TPSA) is 42.0 Å². The van der Waals surface area contributed by atoms with Crippen LogP contribution in [0.15, 0.2) is 29.8 Å². The Labute approximate surface area is 161 Å². The minimum absolute atomic E-state index is 0.0952. The van der Waals surface area contributed by atoms with Gasteiger partial charge in [-0.1, -0.05) is 31.6 Å². The van der Waals surface area contributed by atoms with Gasteiger partial charge in [0, 0.05) is 32.7 Å². The number of amides is 1. The average molecular weight is 370 g/mol. The van der Waals surface area contributed by atoms with Crippen LogP contribution in [-0.4, -0.2) is 48.7 Å². The molecule has 2 fully saturated rings. The average Bonchev–Trinajstić information content (AvgIpc) is 2.96. The third kappa shape index (κ3) is 3.57. The Kier molecular flexibility index (Phi) is 4.66. The minimum atomic E-state index is 0.0952. The van der Waals surface area contributed by atoms with Crippen LogP contribution in [0.1, 0.15) is 33.3 Å². The number of carbonyl (C=O) groups excluding carboxylic acids is 1. The number of fused-ring (bicyclic) bond motifs is 1. The van der Waals surface area contributed by atoms with Crippen LogP contribution >= 0.6 is 0 Å². The lowest BCUT2D eigenvalue weighted by Gasteiger charge is -2.35. The first-order chi connectivity index (χ1) is 12.9. The Morgan fingerprint density at radius 1 is 1.15 bits per heavy atom. The van der Waals surface area contributed by atoms with E-state index < -0.39 is 0 Å². The van der Waals surface area contributed by atoms with Crippen LogP contribution in [0, 0.1) is 17.3 Å². The summed E-state index contributed by atoms with van der Waals surface area (Å²) in [6.07, 6.45) is 2.28. The van der Waals surface area contributed by atoms with Gasteiger partial charge in [-0.05, 0) is 42.9 Å². The number of hydrogen-bond donors (Lipinski definition) is 0. The second-order valence-electron chi connectivity index (χ2n) is 8.86. The molecule has 0 aromatic heterocycles. The first-order valence-electron chi connectivity index (χ1n) is 9.91. The summed E-state index contributed by atoms with van der Waals surface area (Å²) in [6.45, 7) is 13.3. The Morgan fingerprint density at radius 2 is 1.85 bits per heavy atom. The highest BCUT2D eigenvalue weighted by molar-refractivity contribution is 5.84. The third-order valence-electron chi connectivity index (χ3n) is 6.22. The van der Waals surface area contributed by atoms with E-state index in [1.807, 2.05) is 6.07 Å². The molecule has 1 saturated heterocycles. The fourth-order valence-corrected chi connectivity index (χ4v) is 4.44. The number of benzene rings is 1. The van der Waals surface area contributed by atoms with Crippen LogP contribution in [0.25, 0.3) is 0 Å². The molecule has 0 N–H and O–H groups in total. The second kappa shape index (κ2) is 6.86. The van der Waals surface area contributed by atoms with Crippen molar-refractivity contribution in [2.45, 2.75) is 34.2 Å². The van der Waals surface area contributed by atoms with E-state index in [2.05, 4.69) is 55.7 Å². The number of ether oxygens (including phenoxy) is 2. The molecule has 0 unspecified atom stereocenters. The highest BCUT2D eigenvalue weighted by atomic mass is 16.7. The van der Waals surface area contributed by atoms with Crippen LogP contribution in [0.4, 0.5) is 0 Å². The first-order valence-corrected chi connectivity index (χ1v) is 9.91. The molecule has 1 aliphatic carbocycles. The molecule has 1 amide bonds. The van der Waals surface area contributed by atoms with Gasteiger partial charge in [0.25, 0.3) is 0 Å². The van der Waals surface area contributed by atoms with Gasteiger partial charge in [0.1, 0.15) is 0 Å². The summed E-state index contributed by atoms with van der Waals surface area (Å²) in [5.41, 5.74) is 2.63. The molecule has 0 spiro atoms. The molecule has 3 aliphatic rings. The highest BCUT2D eigenvalue weighted by Crippen LogP contribution is 2.60. The van der Waals surface area contributed by atoms with Gasteiger partial charge in [0.05, 0.1) is 5.92 Å². The SMILES string of the molecule is CC(C)=C[C@H]1[C@@H](C(=O)N2CCN(Cc3ccc4c(c3)OCO4)CC2)C1(C)C. The van der Waals surface area contributed by atoms with Crippen molar-refractivity contribution >= 4 is 5.91 Å². The Hall–Kier alpha value is -2.01. The van der Waals surface area contributed by atoms with E-state index in [0.717, 1.165) is 44.2 Å². The van der Waals surface area contributed by atoms with E-state index >= 15 is 0 Å². The maximum absolute atomic E-state index is 13.0. The summed E-state index contributed by atoms with van der Waals surface area (Å²) in [4.78, 5) is 17.5. The molecule has 146 valence electrons. The second-order valence-corrected chi connectivity index (χ2v) is 8.86. The quantitative estimate of drug-likeness (QED) is 0.763. The predicted molar refractivity (Wildman–Crippen MR) is 105 cm³/mol. The molecule has 2 atom stereocenters. The van der Waals surface area contributed by atoms with Crippen LogP contribution in [0.2, 0.25) is 0 Å². The fraction of sp³-hybridized carbons (Fsp3) is 0.591. The van der Waals surface area contributed by atoms with E-state index in [1.54, 1.807) is 0 Å². The van der Waals surface area contributed by atoms with Gasteiger partial charge >= 0.3 is 0 Å². The van der Waals surface area contributed by atoms with E-state index in [4.69, 9.17) is 9.47 Å². The maximum Gasteiger partial charge on any atom is 0.231 e. The number of rotatable bonds is 4. The first kappa shape index (κ1) is 18.4. The van der Waals surface area contributed by atoms with Crippen molar-refractivity contribution in [2.75, 3.05) is 33.0 Å². The van der Waals surface area contributed by atoms with Crippen LogP contribution < -0.4 is 9.47 Å². The monoisotopic (exact) mass is 370 g/mol. The Morgan fingerprint density at radius 3 is 2.56 bits per heavy atom. The van der Waals surface area contributed by atoms with Gasteiger partial charge in [0.15, 0.2) is 11.5 Å². The van der Waals surface area contributed by atoms with Crippen molar-refractivity contribution in [3.63, 3.8) is 0 Å². The highest BCUT2D eigenvalue weighted by Gasteiger charge is 2.61. The number of piperazine rings is 1. The van der Waals surface area contributed by atoms with Crippen molar-refractivity contribution < 1.29 is 14.3 Å². The van der Waals surface area contributed by atoms with E-state index in [-0.39, 0.29) is 11.3 Å². The van der Waals surface area contributed by atoms with Gasteiger partial charge in [-0.25, -0.2) is 0 Å². The minimum Gasteiger partial charge on any atom is -0.454 e. The lowest BCUT2D eigenvalue weighted by atomic mass is 10.1. The van der Waals surface area contributed by atoms with Crippen LogP contribution in [0.5, 0.6) is 11.5 Å². The van der Waals surface area contributed by atoms with Gasteiger partial charge in [-0.3, -0.25) is 9.69 Å². The van der Waals surface area contributed by atoms with E-state index in [9.17, 15) is 4.79 Å². The Bertz CT molecular complexity index is 759. The summed E-state index contributed by atoms with van der Waals surface area (Å²) in [7, 11) is 0. The molecular weight excluding hydrogens is 340 g/mol. The number of nitrogens with zero attached hydrogens (tertiary/aromatic N) is 2. The molecule has 1 saturated carbocycles. The molecule has 0 radical (unpaired) electrons. The molecule has 4 rings (SSSR count). The van der Waals surface area contributed by atoms with E-state index in [1.165, 1.54) is 11.1 Å². The predicted octanol–water partition coefficient (Wildman–Crippen LogP) is 3.30. The normalized spacial score (nSPS) is 26.0. The van der Waals surface area contributed by atoms with Gasteiger partial charge in [-0.15, -0.1) is 0 Å². The molecule has 1 aromatic rings. The maximum atomic E-state index is 13.0. The van der Waals surface area contributed by atoms with Crippen molar-refractivity contribution in [1.29, 1.82) is 0 Å². The largest absolute Gasteiger partial charge is 0.454 e. The zero-order valence-electron chi connectivity index (χ0n) is 16.8. The molecular formula is C22H30N2O3. The van der Waals surface area contributed by atoms with E-state index in [0.29, 0.717) is 18.6 Å². The molecule has 5 nitrogen and oxygen atoms in total. The van der Waals surface area contributed by atoms with Gasteiger partial charge in [0.2, 0.25) is 12.7 Å². The summed E-state index contributed by atoms with van der Waals surface area (Å²) < 4.78 is 10.8. The smallest absolute Gasteiger partial charge is 0.231 e. The lowest BCUT2D eigenvalue weighted by Crippen LogP contribution is -2.49. The van der Waals surface area contributed by atoms with Gasteiger partial charge in [-0.2, -0.15) is 0 Å². The van der Waals surface area contributed by atoms with Crippen molar-refractivity contribution in [1.82, 2.24) is 9.80 Å². The number of allylic oxidation sites excluding steroid dienone is 2. The zero-order chi connectivity index (χ0) is 19.2. The molecule has 5 heteroatoms. The summed E-state index contributed by atoms with van der Waals surface area (Å²) in [5.74, 6) is 2.54. The number of hydrogen-bond acceptors (Lipinski definition) is 4. The summed E-state index contributed by atoms with van der Waals surface area (Å²) >= 11 is 0. The standard InChI is InChI=1S/C22H30N2O3/c1-15(2)11-17-20(22(17,3)4)21(25)24-9-7-23(8-10-24)13-16-5-6-18-19(12-16)27-14-26-18/h5-6,11-12,17,20H,7-10,13-14H2,1-4H3/t17-,20-/m0/s1. The molecule has 0 bridgehead atoms. The molecule has 2 aliphatic heterocycles. The molecule has 1 aromatic carbocycles. The van der Waals surface area contributed by atoms with Gasteiger partial charge < -0.3 is 14.4 Å². The number of carbonyl (C=O) groups is 1. The molecule has 27 heavy (non-hydrogen) atoms. The summed E-state index contributed by atoms with van der Waals surface area (Å²) in [5, 5.41) is 0. The fourth-order valence-electron chi connectivity index (χ4n) is 4.44. The zero-order valence-corrected chi connectivity index (χ0v) is 16.8. The lowest BCUT2D eigenvalue weighted by molar-refractivity contribution is -0.135. The summed E-state index contributed by atoms with van der Waals surface area (Å²) in [6, 6.07) is 6.15. The Balaban J connectivity index is 1.31. The van der Waals surface area contributed by atoms with Crippen molar-refractivity contribution in [3.8, 4) is 11.5 Å².